The maximum Gasteiger partial charge on any atom is 0.327 e. The molecule has 27 heavy (non-hydrogen) atoms. The fourth-order valence-electron chi connectivity index (χ4n) is 3.09. The first-order valence-electron chi connectivity index (χ1n) is 8.92. The SMILES string of the molecule is Cc1ccc(NC(=O)[C@H](C)OC(=O)CN2C(=O)N[C@@](C)(C3CC3)C2=O)cc1. The Balaban J connectivity index is 1.54. The van der Waals surface area contributed by atoms with Gasteiger partial charge in [-0.1, -0.05) is 17.7 Å². The molecule has 4 amide bonds. The first-order chi connectivity index (χ1) is 12.7. The number of carbonyl (C=O) groups excluding carboxylic acids is 4. The quantitative estimate of drug-likeness (QED) is 0.582. The molecule has 1 aromatic carbocycles. The van der Waals surface area contributed by atoms with Gasteiger partial charge in [-0.2, -0.15) is 0 Å². The zero-order valence-electron chi connectivity index (χ0n) is 15.6. The van der Waals surface area contributed by atoms with Crippen LogP contribution in [-0.2, 0) is 19.1 Å². The third-order valence-corrected chi connectivity index (χ3v) is 4.98. The minimum Gasteiger partial charge on any atom is -0.451 e. The summed E-state index contributed by atoms with van der Waals surface area (Å²) >= 11 is 0. The number of nitrogens with zero attached hydrogens (tertiary/aromatic N) is 1. The number of carbonyl (C=O) groups is 4. The number of hydrogen-bond acceptors (Lipinski definition) is 5. The summed E-state index contributed by atoms with van der Waals surface area (Å²) < 4.78 is 5.09. The molecule has 1 heterocycles. The molecule has 2 N–H and O–H groups in total. The zero-order valence-corrected chi connectivity index (χ0v) is 15.6. The highest BCUT2D eigenvalue weighted by molar-refractivity contribution is 6.09. The molecule has 2 fully saturated rings. The third kappa shape index (κ3) is 3.94. The Kier molecular flexibility index (Phi) is 4.91. The van der Waals surface area contributed by atoms with Gasteiger partial charge in [0.15, 0.2) is 6.10 Å². The molecule has 8 heteroatoms. The molecule has 0 unspecified atom stereocenters. The number of amides is 4. The Hall–Kier alpha value is -2.90. The van der Waals surface area contributed by atoms with Crippen molar-refractivity contribution < 1.29 is 23.9 Å². The van der Waals surface area contributed by atoms with Crippen LogP contribution < -0.4 is 10.6 Å². The Bertz CT molecular complexity index is 787. The topological polar surface area (TPSA) is 105 Å². The molecule has 1 aromatic rings. The van der Waals surface area contributed by atoms with E-state index in [0.717, 1.165) is 23.3 Å². The van der Waals surface area contributed by atoms with E-state index >= 15 is 0 Å². The van der Waals surface area contributed by atoms with Gasteiger partial charge < -0.3 is 15.4 Å². The van der Waals surface area contributed by atoms with Gasteiger partial charge in [0, 0.05) is 5.69 Å². The Morgan fingerprint density at radius 1 is 1.30 bits per heavy atom. The van der Waals surface area contributed by atoms with E-state index in [2.05, 4.69) is 10.6 Å². The average molecular weight is 373 g/mol. The van der Waals surface area contributed by atoms with E-state index in [9.17, 15) is 19.2 Å². The van der Waals surface area contributed by atoms with Gasteiger partial charge in [-0.05, 0) is 51.7 Å². The summed E-state index contributed by atoms with van der Waals surface area (Å²) in [7, 11) is 0. The summed E-state index contributed by atoms with van der Waals surface area (Å²) in [6.45, 7) is 4.52. The molecule has 2 atom stereocenters. The first-order valence-corrected chi connectivity index (χ1v) is 8.92. The van der Waals surface area contributed by atoms with Crippen LogP contribution in [0.25, 0.3) is 0 Å². The van der Waals surface area contributed by atoms with Crippen LogP contribution in [0, 0.1) is 12.8 Å². The molecule has 8 nitrogen and oxygen atoms in total. The van der Waals surface area contributed by atoms with Crippen molar-refractivity contribution in [2.45, 2.75) is 45.3 Å². The smallest absolute Gasteiger partial charge is 0.327 e. The molecule has 1 saturated carbocycles. The van der Waals surface area contributed by atoms with Crippen LogP contribution in [0.5, 0.6) is 0 Å². The van der Waals surface area contributed by atoms with Gasteiger partial charge in [0.2, 0.25) is 0 Å². The van der Waals surface area contributed by atoms with Crippen molar-refractivity contribution in [1.29, 1.82) is 0 Å². The van der Waals surface area contributed by atoms with E-state index in [1.807, 2.05) is 19.1 Å². The van der Waals surface area contributed by atoms with Crippen LogP contribution in [0.15, 0.2) is 24.3 Å². The fourth-order valence-corrected chi connectivity index (χ4v) is 3.09. The second-order valence-corrected chi connectivity index (χ2v) is 7.29. The number of aryl methyl sites for hydroxylation is 1. The van der Waals surface area contributed by atoms with Gasteiger partial charge in [-0.25, -0.2) is 4.79 Å². The number of urea groups is 1. The van der Waals surface area contributed by atoms with E-state index in [1.165, 1.54) is 6.92 Å². The van der Waals surface area contributed by atoms with E-state index in [0.29, 0.717) is 5.69 Å². The maximum absolute atomic E-state index is 12.5. The van der Waals surface area contributed by atoms with E-state index in [1.54, 1.807) is 19.1 Å². The summed E-state index contributed by atoms with van der Waals surface area (Å²) in [5.41, 5.74) is 0.688. The highest BCUT2D eigenvalue weighted by atomic mass is 16.5. The van der Waals surface area contributed by atoms with Crippen molar-refractivity contribution in [2.75, 3.05) is 11.9 Å². The predicted molar refractivity (Wildman–Crippen MR) is 96.7 cm³/mol. The maximum atomic E-state index is 12.5. The third-order valence-electron chi connectivity index (χ3n) is 4.98. The van der Waals surface area contributed by atoms with E-state index < -0.39 is 42.0 Å². The lowest BCUT2D eigenvalue weighted by molar-refractivity contribution is -0.155. The van der Waals surface area contributed by atoms with E-state index in [-0.39, 0.29) is 5.92 Å². The zero-order chi connectivity index (χ0) is 19.8. The van der Waals surface area contributed by atoms with Gasteiger partial charge in [0.25, 0.3) is 11.8 Å². The molecule has 0 radical (unpaired) electrons. The van der Waals surface area contributed by atoms with Crippen molar-refractivity contribution in [2.24, 2.45) is 5.92 Å². The van der Waals surface area contributed by atoms with Crippen LogP contribution in [0.1, 0.15) is 32.3 Å². The van der Waals surface area contributed by atoms with Crippen LogP contribution in [0.4, 0.5) is 10.5 Å². The molecule has 2 aliphatic rings. The number of nitrogens with one attached hydrogen (secondary N) is 2. The van der Waals surface area contributed by atoms with E-state index in [4.69, 9.17) is 4.74 Å². The Morgan fingerprint density at radius 3 is 2.52 bits per heavy atom. The van der Waals surface area contributed by atoms with Crippen molar-refractivity contribution in [3.63, 3.8) is 0 Å². The van der Waals surface area contributed by atoms with Gasteiger partial charge >= 0.3 is 12.0 Å². The molecule has 0 spiro atoms. The summed E-state index contributed by atoms with van der Waals surface area (Å²) in [6.07, 6.45) is 0.683. The summed E-state index contributed by atoms with van der Waals surface area (Å²) in [6, 6.07) is 6.58. The lowest BCUT2D eigenvalue weighted by Gasteiger charge is -2.21. The summed E-state index contributed by atoms with van der Waals surface area (Å²) in [5.74, 6) is -1.63. The van der Waals surface area contributed by atoms with Gasteiger partial charge in [0.1, 0.15) is 12.1 Å². The molecule has 0 aromatic heterocycles. The molecule has 1 saturated heterocycles. The van der Waals surface area contributed by atoms with Crippen molar-refractivity contribution in [3.05, 3.63) is 29.8 Å². The standard InChI is InChI=1S/C19H23N3O5/c1-11-4-8-14(9-5-11)20-16(24)12(2)27-15(23)10-22-17(25)19(3,13-6-7-13)21-18(22)26/h4-5,8-9,12-13H,6-7,10H2,1-3H3,(H,20,24)(H,21,26)/t12-,19-/m0/s1. The number of esters is 1. The van der Waals surface area contributed by atoms with Crippen LogP contribution in [0.2, 0.25) is 0 Å². The normalized spacial score (nSPS) is 23.0. The van der Waals surface area contributed by atoms with Crippen molar-refractivity contribution in [3.8, 4) is 0 Å². The molecule has 1 aliphatic heterocycles. The number of hydrogen-bond donors (Lipinski definition) is 2. The average Bonchev–Trinajstić information content (AvgIpc) is 3.43. The van der Waals surface area contributed by atoms with Gasteiger partial charge in [0.05, 0.1) is 0 Å². The molecule has 1 aliphatic carbocycles. The minimum atomic E-state index is -1.06. The number of ether oxygens (including phenoxy) is 1. The van der Waals surface area contributed by atoms with Crippen molar-refractivity contribution in [1.82, 2.24) is 10.2 Å². The highest BCUT2D eigenvalue weighted by Crippen LogP contribution is 2.42. The summed E-state index contributed by atoms with van der Waals surface area (Å²) in [4.78, 5) is 49.7. The Morgan fingerprint density at radius 2 is 1.93 bits per heavy atom. The highest BCUT2D eigenvalue weighted by Gasteiger charge is 2.56. The van der Waals surface area contributed by atoms with Crippen LogP contribution in [0.3, 0.4) is 0 Å². The van der Waals surface area contributed by atoms with Crippen LogP contribution >= 0.6 is 0 Å². The largest absolute Gasteiger partial charge is 0.451 e. The lowest BCUT2D eigenvalue weighted by atomic mass is 9.96. The van der Waals surface area contributed by atoms with Gasteiger partial charge in [-0.3, -0.25) is 19.3 Å². The second kappa shape index (κ2) is 7.02. The number of rotatable bonds is 6. The minimum absolute atomic E-state index is 0.106. The van der Waals surface area contributed by atoms with Gasteiger partial charge in [-0.15, -0.1) is 0 Å². The second-order valence-electron chi connectivity index (χ2n) is 7.29. The lowest BCUT2D eigenvalue weighted by Crippen LogP contribution is -2.46. The molecular formula is C19H23N3O5. The summed E-state index contributed by atoms with van der Waals surface area (Å²) in [5, 5.41) is 5.31. The Labute approximate surface area is 157 Å². The predicted octanol–water partition coefficient (Wildman–Crippen LogP) is 1.59. The molecule has 0 bridgehead atoms. The molecule has 3 rings (SSSR count). The monoisotopic (exact) mass is 373 g/mol. The van der Waals surface area contributed by atoms with Crippen molar-refractivity contribution >= 4 is 29.5 Å². The number of imide groups is 1. The molecule has 144 valence electrons. The fraction of sp³-hybridized carbons (Fsp3) is 0.474. The number of benzene rings is 1. The van der Waals surface area contributed by atoms with Crippen LogP contribution in [-0.4, -0.2) is 46.9 Å². The number of anilines is 1. The molecular weight excluding hydrogens is 350 g/mol. The first kappa shape index (κ1) is 18.9.